The van der Waals surface area contributed by atoms with Gasteiger partial charge in [0.2, 0.25) is 10.0 Å². The van der Waals surface area contributed by atoms with Crippen LogP contribution in [0.1, 0.15) is 11.1 Å². The van der Waals surface area contributed by atoms with E-state index in [1.807, 2.05) is 19.1 Å². The molecule has 0 spiro atoms. The molecule has 2 N–H and O–H groups in total. The molecule has 0 fully saturated rings. The van der Waals surface area contributed by atoms with E-state index in [1.54, 1.807) is 12.1 Å². The SMILES string of the molecule is Cc1ccccc1CS(N)(=O)=O. The summed E-state index contributed by atoms with van der Waals surface area (Å²) in [7, 11) is -3.40. The van der Waals surface area contributed by atoms with Gasteiger partial charge < -0.3 is 0 Å². The van der Waals surface area contributed by atoms with Gasteiger partial charge in [-0.25, -0.2) is 13.6 Å². The van der Waals surface area contributed by atoms with E-state index in [0.717, 1.165) is 11.1 Å². The van der Waals surface area contributed by atoms with E-state index in [2.05, 4.69) is 0 Å². The van der Waals surface area contributed by atoms with E-state index < -0.39 is 10.0 Å². The largest absolute Gasteiger partial charge is 0.228 e. The van der Waals surface area contributed by atoms with E-state index >= 15 is 0 Å². The number of benzene rings is 1. The van der Waals surface area contributed by atoms with Crippen molar-refractivity contribution in [3.8, 4) is 0 Å². The van der Waals surface area contributed by atoms with E-state index in [4.69, 9.17) is 5.14 Å². The highest BCUT2D eigenvalue weighted by Gasteiger charge is 2.05. The lowest BCUT2D eigenvalue weighted by Gasteiger charge is -2.02. The summed E-state index contributed by atoms with van der Waals surface area (Å²) in [4.78, 5) is 0. The van der Waals surface area contributed by atoms with Gasteiger partial charge in [-0.2, -0.15) is 0 Å². The van der Waals surface area contributed by atoms with Crippen LogP contribution in [-0.2, 0) is 15.8 Å². The summed E-state index contributed by atoms with van der Waals surface area (Å²) in [6.45, 7) is 1.86. The molecule has 1 aromatic rings. The average molecular weight is 185 g/mol. The van der Waals surface area contributed by atoms with E-state index in [9.17, 15) is 8.42 Å². The fraction of sp³-hybridized carbons (Fsp3) is 0.250. The van der Waals surface area contributed by atoms with E-state index in [1.165, 1.54) is 0 Å². The lowest BCUT2D eigenvalue weighted by Crippen LogP contribution is -2.15. The Morgan fingerprint density at radius 2 is 1.92 bits per heavy atom. The van der Waals surface area contributed by atoms with Gasteiger partial charge in [-0.05, 0) is 18.1 Å². The van der Waals surface area contributed by atoms with Gasteiger partial charge in [-0.15, -0.1) is 0 Å². The first-order valence-corrected chi connectivity index (χ1v) is 5.25. The second-order valence-corrected chi connectivity index (χ2v) is 4.35. The predicted molar refractivity (Wildman–Crippen MR) is 48.0 cm³/mol. The molecule has 0 atom stereocenters. The van der Waals surface area contributed by atoms with Crippen molar-refractivity contribution in [2.75, 3.05) is 0 Å². The second kappa shape index (κ2) is 3.25. The van der Waals surface area contributed by atoms with Crippen LogP contribution < -0.4 is 5.14 Å². The quantitative estimate of drug-likeness (QED) is 0.740. The number of rotatable bonds is 2. The summed E-state index contributed by atoms with van der Waals surface area (Å²) in [5.74, 6) is -0.0837. The molecule has 0 aliphatic rings. The first-order valence-electron chi connectivity index (χ1n) is 3.54. The summed E-state index contributed by atoms with van der Waals surface area (Å²) < 4.78 is 21.5. The van der Waals surface area contributed by atoms with E-state index in [-0.39, 0.29) is 5.75 Å². The predicted octanol–water partition coefficient (Wildman–Crippen LogP) is 0.784. The molecule has 0 amide bonds. The van der Waals surface area contributed by atoms with Crippen LogP contribution in [0.25, 0.3) is 0 Å². The maximum absolute atomic E-state index is 10.7. The molecule has 0 saturated heterocycles. The minimum absolute atomic E-state index is 0.0837. The van der Waals surface area contributed by atoms with Gasteiger partial charge in [0, 0.05) is 0 Å². The van der Waals surface area contributed by atoms with Crippen molar-refractivity contribution in [1.29, 1.82) is 0 Å². The van der Waals surface area contributed by atoms with E-state index in [0.29, 0.717) is 0 Å². The van der Waals surface area contributed by atoms with Crippen molar-refractivity contribution in [1.82, 2.24) is 0 Å². The minimum atomic E-state index is -3.40. The van der Waals surface area contributed by atoms with Crippen LogP contribution in [-0.4, -0.2) is 8.42 Å². The maximum Gasteiger partial charge on any atom is 0.213 e. The molecule has 4 heteroatoms. The average Bonchev–Trinajstić information content (AvgIpc) is 1.91. The molecule has 66 valence electrons. The van der Waals surface area contributed by atoms with Gasteiger partial charge in [0.25, 0.3) is 0 Å². The zero-order valence-electron chi connectivity index (χ0n) is 6.82. The van der Waals surface area contributed by atoms with Gasteiger partial charge in [0.15, 0.2) is 0 Å². The Bertz CT molecular complexity index is 370. The van der Waals surface area contributed by atoms with Gasteiger partial charge in [0.1, 0.15) is 0 Å². The lowest BCUT2D eigenvalue weighted by atomic mass is 10.1. The van der Waals surface area contributed by atoms with Crippen LogP contribution in [0.4, 0.5) is 0 Å². The molecule has 0 radical (unpaired) electrons. The molecule has 1 rings (SSSR count). The highest BCUT2D eigenvalue weighted by Crippen LogP contribution is 2.08. The standard InChI is InChI=1S/C8H11NO2S/c1-7-4-2-3-5-8(7)6-12(9,10)11/h2-5H,6H2,1H3,(H2,9,10,11). The third kappa shape index (κ3) is 2.64. The second-order valence-electron chi connectivity index (χ2n) is 2.73. The topological polar surface area (TPSA) is 60.2 Å². The zero-order chi connectivity index (χ0) is 9.19. The Balaban J connectivity index is 2.98. The molecule has 0 bridgehead atoms. The summed E-state index contributed by atoms with van der Waals surface area (Å²) in [6.07, 6.45) is 0. The highest BCUT2D eigenvalue weighted by atomic mass is 32.2. The number of hydrogen-bond donors (Lipinski definition) is 1. The van der Waals surface area contributed by atoms with Crippen molar-refractivity contribution in [3.05, 3.63) is 35.4 Å². The van der Waals surface area contributed by atoms with Crippen molar-refractivity contribution in [2.45, 2.75) is 12.7 Å². The highest BCUT2D eigenvalue weighted by molar-refractivity contribution is 7.88. The van der Waals surface area contributed by atoms with Crippen LogP contribution >= 0.6 is 0 Å². The van der Waals surface area contributed by atoms with Crippen molar-refractivity contribution < 1.29 is 8.42 Å². The van der Waals surface area contributed by atoms with Crippen LogP contribution in [0.5, 0.6) is 0 Å². The fourth-order valence-electron chi connectivity index (χ4n) is 0.989. The van der Waals surface area contributed by atoms with Gasteiger partial charge in [-0.1, -0.05) is 24.3 Å². The molecule has 0 heterocycles. The zero-order valence-corrected chi connectivity index (χ0v) is 7.64. The Labute approximate surface area is 72.3 Å². The summed E-state index contributed by atoms with van der Waals surface area (Å²) in [5, 5.41) is 4.91. The number of sulfonamides is 1. The van der Waals surface area contributed by atoms with Crippen molar-refractivity contribution in [2.24, 2.45) is 5.14 Å². The van der Waals surface area contributed by atoms with Crippen molar-refractivity contribution >= 4 is 10.0 Å². The number of hydrogen-bond acceptors (Lipinski definition) is 2. The maximum atomic E-state index is 10.7. The molecule has 0 aliphatic heterocycles. The smallest absolute Gasteiger partial charge is 0.213 e. The normalized spacial score (nSPS) is 11.5. The molecule has 12 heavy (non-hydrogen) atoms. The van der Waals surface area contributed by atoms with Gasteiger partial charge >= 0.3 is 0 Å². The first kappa shape index (κ1) is 9.22. The summed E-state index contributed by atoms with van der Waals surface area (Å²) >= 11 is 0. The molecule has 0 aliphatic carbocycles. The molecule has 0 saturated carbocycles. The molecule has 3 nitrogen and oxygen atoms in total. The number of nitrogens with two attached hydrogens (primary N) is 1. The van der Waals surface area contributed by atoms with Crippen LogP contribution in [0.3, 0.4) is 0 Å². The first-order chi connectivity index (χ1) is 5.49. The van der Waals surface area contributed by atoms with Gasteiger partial charge in [-0.3, -0.25) is 0 Å². The molecule has 0 aromatic heterocycles. The molecule has 0 unspecified atom stereocenters. The Morgan fingerprint density at radius 1 is 1.33 bits per heavy atom. The van der Waals surface area contributed by atoms with Gasteiger partial charge in [0.05, 0.1) is 5.75 Å². The Morgan fingerprint density at radius 3 is 2.42 bits per heavy atom. The summed E-state index contributed by atoms with van der Waals surface area (Å²) in [5.41, 5.74) is 1.71. The Kier molecular flexibility index (Phi) is 2.49. The van der Waals surface area contributed by atoms with Crippen LogP contribution in [0.15, 0.2) is 24.3 Å². The lowest BCUT2D eigenvalue weighted by molar-refractivity contribution is 0.597. The minimum Gasteiger partial charge on any atom is -0.228 e. The third-order valence-electron chi connectivity index (χ3n) is 1.62. The number of primary sulfonamides is 1. The number of aryl methyl sites for hydroxylation is 1. The summed E-state index contributed by atoms with van der Waals surface area (Å²) in [6, 6.07) is 7.29. The van der Waals surface area contributed by atoms with Crippen LogP contribution in [0.2, 0.25) is 0 Å². The van der Waals surface area contributed by atoms with Crippen molar-refractivity contribution in [3.63, 3.8) is 0 Å². The molecular weight excluding hydrogens is 174 g/mol. The third-order valence-corrected chi connectivity index (χ3v) is 2.33. The van der Waals surface area contributed by atoms with Crippen LogP contribution in [0, 0.1) is 6.92 Å². The fourth-order valence-corrected chi connectivity index (χ4v) is 1.75. The Hall–Kier alpha value is -0.870. The monoisotopic (exact) mass is 185 g/mol. The molecule has 1 aromatic carbocycles. The molecular formula is C8H11NO2S.